The number of ether oxygens (including phenoxy) is 2. The van der Waals surface area contributed by atoms with E-state index in [1.165, 1.54) is 11.3 Å². The Morgan fingerprint density at radius 3 is 2.31 bits per heavy atom. The maximum absolute atomic E-state index is 12.0. The van der Waals surface area contributed by atoms with Crippen LogP contribution in [-0.2, 0) is 4.79 Å². The molecule has 3 rings (SSSR count). The summed E-state index contributed by atoms with van der Waals surface area (Å²) in [6.45, 7) is 1.80. The number of amides is 1. The monoisotopic (exact) mass is 367 g/mol. The van der Waals surface area contributed by atoms with Gasteiger partial charge in [-0.05, 0) is 54.8 Å². The highest BCUT2D eigenvalue weighted by molar-refractivity contribution is 7.12. The third-order valence-corrected chi connectivity index (χ3v) is 4.34. The van der Waals surface area contributed by atoms with Crippen LogP contribution in [0.5, 0.6) is 11.5 Å². The van der Waals surface area contributed by atoms with Crippen LogP contribution >= 0.6 is 11.3 Å². The Balaban J connectivity index is 1.49. The van der Waals surface area contributed by atoms with Crippen LogP contribution in [0.4, 0.5) is 5.69 Å². The van der Waals surface area contributed by atoms with Gasteiger partial charge in [-0.2, -0.15) is 0 Å². The molecule has 132 valence electrons. The quantitative estimate of drug-likeness (QED) is 0.521. The first-order valence-corrected chi connectivity index (χ1v) is 8.83. The maximum Gasteiger partial charge on any atom is 0.349 e. The largest absolute Gasteiger partial charge is 0.482 e. The van der Waals surface area contributed by atoms with Crippen LogP contribution in [0.25, 0.3) is 0 Å². The lowest BCUT2D eigenvalue weighted by molar-refractivity contribution is -0.136. The highest BCUT2D eigenvalue weighted by Crippen LogP contribution is 2.18. The molecule has 1 aromatic heterocycles. The molecular weight excluding hydrogens is 350 g/mol. The van der Waals surface area contributed by atoms with Gasteiger partial charge in [0.1, 0.15) is 11.5 Å². The molecule has 2 aromatic carbocycles. The first kappa shape index (κ1) is 17.7. The Morgan fingerprint density at radius 1 is 0.962 bits per heavy atom. The molecule has 0 fully saturated rings. The van der Waals surface area contributed by atoms with Crippen molar-refractivity contribution in [2.45, 2.75) is 6.92 Å². The van der Waals surface area contributed by atoms with E-state index in [0.717, 1.165) is 5.56 Å². The highest BCUT2D eigenvalue weighted by Gasteiger charge is 2.09. The Labute approximate surface area is 155 Å². The highest BCUT2D eigenvalue weighted by atomic mass is 32.1. The van der Waals surface area contributed by atoms with E-state index in [1.54, 1.807) is 42.5 Å². The maximum atomic E-state index is 12.0. The summed E-state index contributed by atoms with van der Waals surface area (Å²) >= 11 is 1.37. The molecule has 1 heterocycles. The molecular formula is C20H17NO4S. The van der Waals surface area contributed by atoms with E-state index in [0.29, 0.717) is 22.1 Å². The number of benzene rings is 2. The molecule has 0 saturated heterocycles. The summed E-state index contributed by atoms with van der Waals surface area (Å²) in [5, 5.41) is 4.63. The van der Waals surface area contributed by atoms with Gasteiger partial charge in [-0.25, -0.2) is 4.79 Å². The van der Waals surface area contributed by atoms with Gasteiger partial charge in [0.15, 0.2) is 6.61 Å². The Bertz CT molecular complexity index is 871. The van der Waals surface area contributed by atoms with Gasteiger partial charge in [0.25, 0.3) is 5.91 Å². The molecule has 6 heteroatoms. The van der Waals surface area contributed by atoms with Gasteiger partial charge in [-0.3, -0.25) is 4.79 Å². The van der Waals surface area contributed by atoms with Crippen molar-refractivity contribution in [3.05, 3.63) is 76.5 Å². The van der Waals surface area contributed by atoms with E-state index in [9.17, 15) is 9.59 Å². The van der Waals surface area contributed by atoms with Crippen molar-refractivity contribution in [1.29, 1.82) is 0 Å². The Kier molecular flexibility index (Phi) is 5.66. The van der Waals surface area contributed by atoms with E-state index < -0.39 is 5.97 Å². The van der Waals surface area contributed by atoms with Crippen LogP contribution in [-0.4, -0.2) is 18.5 Å². The minimum Gasteiger partial charge on any atom is -0.482 e. The van der Waals surface area contributed by atoms with Crippen LogP contribution in [0.1, 0.15) is 15.2 Å². The van der Waals surface area contributed by atoms with Crippen molar-refractivity contribution < 1.29 is 19.1 Å². The van der Waals surface area contributed by atoms with Gasteiger partial charge < -0.3 is 14.8 Å². The fourth-order valence-corrected chi connectivity index (χ4v) is 2.76. The molecule has 0 atom stereocenters. The van der Waals surface area contributed by atoms with Crippen LogP contribution in [0.15, 0.2) is 66.0 Å². The molecule has 26 heavy (non-hydrogen) atoms. The predicted octanol–water partition coefficient (Wildman–Crippen LogP) is 4.29. The Hall–Kier alpha value is -3.12. The predicted molar refractivity (Wildman–Crippen MR) is 101 cm³/mol. The van der Waals surface area contributed by atoms with Gasteiger partial charge in [0, 0.05) is 5.69 Å². The van der Waals surface area contributed by atoms with E-state index in [-0.39, 0.29) is 12.5 Å². The van der Waals surface area contributed by atoms with Crippen LogP contribution < -0.4 is 14.8 Å². The molecule has 0 aliphatic heterocycles. The SMILES string of the molecule is Cc1ccc(OCC(=O)Oc2ccc(NC(=O)c3cccs3)cc2)cc1. The third-order valence-electron chi connectivity index (χ3n) is 3.47. The fourth-order valence-electron chi connectivity index (χ4n) is 2.14. The molecule has 0 spiro atoms. The van der Waals surface area contributed by atoms with Crippen molar-refractivity contribution in [3.8, 4) is 11.5 Å². The first-order chi connectivity index (χ1) is 12.6. The first-order valence-electron chi connectivity index (χ1n) is 7.95. The van der Waals surface area contributed by atoms with Gasteiger partial charge >= 0.3 is 5.97 Å². The molecule has 0 aliphatic carbocycles. The molecule has 0 saturated carbocycles. The molecule has 5 nitrogen and oxygen atoms in total. The van der Waals surface area contributed by atoms with Gasteiger partial charge in [0.2, 0.25) is 0 Å². The normalized spacial score (nSPS) is 10.2. The van der Waals surface area contributed by atoms with Gasteiger partial charge in [0.05, 0.1) is 4.88 Å². The van der Waals surface area contributed by atoms with Crippen molar-refractivity contribution in [1.82, 2.24) is 0 Å². The lowest BCUT2D eigenvalue weighted by atomic mass is 10.2. The average Bonchev–Trinajstić information content (AvgIpc) is 3.18. The summed E-state index contributed by atoms with van der Waals surface area (Å²) in [7, 11) is 0. The number of carbonyl (C=O) groups excluding carboxylic acids is 2. The minimum absolute atomic E-state index is 0.170. The number of carbonyl (C=O) groups is 2. The van der Waals surface area contributed by atoms with Crippen LogP contribution in [0, 0.1) is 6.92 Å². The van der Waals surface area contributed by atoms with Crippen LogP contribution in [0.2, 0.25) is 0 Å². The summed E-state index contributed by atoms with van der Waals surface area (Å²) in [6.07, 6.45) is 0. The second-order valence-electron chi connectivity index (χ2n) is 5.53. The average molecular weight is 367 g/mol. The number of hydrogen-bond acceptors (Lipinski definition) is 5. The van der Waals surface area contributed by atoms with Gasteiger partial charge in [-0.1, -0.05) is 23.8 Å². The summed E-state index contributed by atoms with van der Waals surface area (Å²) in [5.41, 5.74) is 1.74. The second kappa shape index (κ2) is 8.31. The topological polar surface area (TPSA) is 64.6 Å². The Morgan fingerprint density at radius 2 is 1.65 bits per heavy atom. The number of thiophene rings is 1. The van der Waals surface area contributed by atoms with E-state index in [2.05, 4.69) is 5.32 Å². The molecule has 0 unspecified atom stereocenters. The lowest BCUT2D eigenvalue weighted by Crippen LogP contribution is -2.17. The number of rotatable bonds is 6. The molecule has 1 amide bonds. The summed E-state index contributed by atoms with van der Waals surface area (Å²) < 4.78 is 10.6. The van der Waals surface area contributed by atoms with Crippen molar-refractivity contribution in [2.24, 2.45) is 0 Å². The standard InChI is InChI=1S/C20H17NO4S/c1-14-4-8-16(9-5-14)24-13-19(22)25-17-10-6-15(7-11-17)21-20(23)18-3-2-12-26-18/h2-12H,13H2,1H3,(H,21,23). The molecule has 0 aliphatic rings. The zero-order chi connectivity index (χ0) is 18.4. The zero-order valence-corrected chi connectivity index (χ0v) is 14.9. The molecule has 1 N–H and O–H groups in total. The lowest BCUT2D eigenvalue weighted by Gasteiger charge is -2.08. The van der Waals surface area contributed by atoms with Crippen molar-refractivity contribution >= 4 is 28.9 Å². The molecule has 0 radical (unpaired) electrons. The van der Waals surface area contributed by atoms with E-state index >= 15 is 0 Å². The zero-order valence-electron chi connectivity index (χ0n) is 14.1. The number of nitrogens with one attached hydrogen (secondary N) is 1. The van der Waals surface area contributed by atoms with Crippen LogP contribution in [0.3, 0.4) is 0 Å². The summed E-state index contributed by atoms with van der Waals surface area (Å²) in [4.78, 5) is 24.5. The number of anilines is 1. The molecule has 3 aromatic rings. The summed E-state index contributed by atoms with van der Waals surface area (Å²) in [6, 6.07) is 17.6. The fraction of sp³-hybridized carbons (Fsp3) is 0.100. The van der Waals surface area contributed by atoms with E-state index in [4.69, 9.17) is 9.47 Å². The van der Waals surface area contributed by atoms with Gasteiger partial charge in [-0.15, -0.1) is 11.3 Å². The number of esters is 1. The van der Waals surface area contributed by atoms with Crippen molar-refractivity contribution in [2.75, 3.05) is 11.9 Å². The summed E-state index contributed by atoms with van der Waals surface area (Å²) in [5.74, 6) is 0.327. The third kappa shape index (κ3) is 4.94. The van der Waals surface area contributed by atoms with E-state index in [1.807, 2.05) is 30.5 Å². The number of aryl methyl sites for hydroxylation is 1. The second-order valence-corrected chi connectivity index (χ2v) is 6.48. The van der Waals surface area contributed by atoms with Crippen molar-refractivity contribution in [3.63, 3.8) is 0 Å². The number of hydrogen-bond donors (Lipinski definition) is 1. The smallest absolute Gasteiger partial charge is 0.349 e. The molecule has 0 bridgehead atoms. The minimum atomic E-state index is -0.499.